The second-order valence-corrected chi connectivity index (χ2v) is 3.58. The zero-order chi connectivity index (χ0) is 9.26. The standard InChI is InChI=1S/C12H13N.CH3.W/c1-9(2)11-8-7-10-5-3-4-6-12(10)13-11;;/h3-9H,1-2H3;1H3;/q;-1;. The minimum Gasteiger partial charge on any atom is -0.358 e. The number of para-hydroxylation sites is 1. The molecule has 0 aliphatic heterocycles. The van der Waals surface area contributed by atoms with Gasteiger partial charge in [-0.1, -0.05) is 38.1 Å². The number of fused-ring (bicyclic) bond motifs is 1. The quantitative estimate of drug-likeness (QED) is 0.696. The summed E-state index contributed by atoms with van der Waals surface area (Å²) in [5.41, 5.74) is 2.26. The molecular weight excluding hydrogens is 354 g/mol. The van der Waals surface area contributed by atoms with E-state index in [2.05, 4.69) is 43.1 Å². The molecule has 0 amide bonds. The summed E-state index contributed by atoms with van der Waals surface area (Å²) in [7, 11) is 0. The molecule has 0 aliphatic carbocycles. The zero-order valence-electron chi connectivity index (χ0n) is 9.40. The molecule has 0 saturated carbocycles. The molecule has 1 heterocycles. The van der Waals surface area contributed by atoms with Gasteiger partial charge in [0.1, 0.15) is 0 Å². The molecular formula is C13H16NW-. The number of hydrogen-bond donors (Lipinski definition) is 0. The van der Waals surface area contributed by atoms with Crippen molar-refractivity contribution in [2.24, 2.45) is 0 Å². The average Bonchev–Trinajstić information content (AvgIpc) is 2.17. The Balaban J connectivity index is 0.000000980. The minimum atomic E-state index is 0. The topological polar surface area (TPSA) is 12.9 Å². The van der Waals surface area contributed by atoms with Crippen molar-refractivity contribution in [2.45, 2.75) is 19.8 Å². The van der Waals surface area contributed by atoms with Gasteiger partial charge in [-0.05, 0) is 18.1 Å². The molecule has 0 N–H and O–H groups in total. The summed E-state index contributed by atoms with van der Waals surface area (Å²) in [6.07, 6.45) is 0. The smallest absolute Gasteiger partial charge is 0.0705 e. The van der Waals surface area contributed by atoms with Crippen LogP contribution in [0.3, 0.4) is 0 Å². The third-order valence-corrected chi connectivity index (χ3v) is 2.21. The second-order valence-electron chi connectivity index (χ2n) is 3.58. The molecule has 2 rings (SSSR count). The summed E-state index contributed by atoms with van der Waals surface area (Å²) in [5.74, 6) is 0.504. The van der Waals surface area contributed by atoms with E-state index in [0.29, 0.717) is 5.92 Å². The van der Waals surface area contributed by atoms with Gasteiger partial charge in [0.15, 0.2) is 0 Å². The largest absolute Gasteiger partial charge is 0.358 e. The van der Waals surface area contributed by atoms with Gasteiger partial charge >= 0.3 is 0 Å². The van der Waals surface area contributed by atoms with Crippen molar-refractivity contribution in [1.29, 1.82) is 0 Å². The van der Waals surface area contributed by atoms with E-state index in [0.717, 1.165) is 5.52 Å². The van der Waals surface area contributed by atoms with Crippen molar-refractivity contribution in [3.8, 4) is 0 Å². The number of nitrogens with zero attached hydrogens (tertiary/aromatic N) is 1. The van der Waals surface area contributed by atoms with Crippen LogP contribution in [0.25, 0.3) is 10.9 Å². The minimum absolute atomic E-state index is 0. The zero-order valence-corrected chi connectivity index (χ0v) is 12.3. The van der Waals surface area contributed by atoms with Crippen molar-refractivity contribution in [1.82, 2.24) is 4.98 Å². The summed E-state index contributed by atoms with van der Waals surface area (Å²) in [4.78, 5) is 4.57. The Morgan fingerprint density at radius 2 is 1.67 bits per heavy atom. The van der Waals surface area contributed by atoms with Crippen molar-refractivity contribution >= 4 is 10.9 Å². The van der Waals surface area contributed by atoms with E-state index < -0.39 is 0 Å². The molecule has 1 aromatic carbocycles. The predicted molar refractivity (Wildman–Crippen MR) is 62.2 cm³/mol. The van der Waals surface area contributed by atoms with Gasteiger partial charge in [0.25, 0.3) is 0 Å². The normalized spacial score (nSPS) is 9.53. The molecule has 0 aliphatic rings. The van der Waals surface area contributed by atoms with Crippen molar-refractivity contribution < 1.29 is 21.1 Å². The summed E-state index contributed by atoms with van der Waals surface area (Å²) in [6.45, 7) is 4.33. The van der Waals surface area contributed by atoms with E-state index in [9.17, 15) is 0 Å². The molecule has 0 spiro atoms. The maximum absolute atomic E-state index is 4.57. The first-order chi connectivity index (χ1) is 6.27. The van der Waals surface area contributed by atoms with Gasteiger partial charge in [0, 0.05) is 32.1 Å². The number of rotatable bonds is 1. The molecule has 2 heteroatoms. The van der Waals surface area contributed by atoms with Crippen LogP contribution in [-0.2, 0) is 21.1 Å². The molecule has 0 saturated heterocycles. The van der Waals surface area contributed by atoms with E-state index >= 15 is 0 Å². The SMILES string of the molecule is CC(C)c1ccc2ccccc2n1.[CH3-].[W]. The van der Waals surface area contributed by atoms with Gasteiger partial charge in [-0.2, -0.15) is 0 Å². The van der Waals surface area contributed by atoms with E-state index in [-0.39, 0.29) is 28.5 Å². The first-order valence-electron chi connectivity index (χ1n) is 4.63. The molecule has 80 valence electrons. The molecule has 0 radical (unpaired) electrons. The average molecular weight is 370 g/mol. The van der Waals surface area contributed by atoms with Gasteiger partial charge in [-0.15, -0.1) is 0 Å². The molecule has 0 unspecified atom stereocenters. The number of hydrogen-bond acceptors (Lipinski definition) is 1. The van der Waals surface area contributed by atoms with E-state index in [4.69, 9.17) is 0 Å². The van der Waals surface area contributed by atoms with Crippen LogP contribution in [0.4, 0.5) is 0 Å². The summed E-state index contributed by atoms with van der Waals surface area (Å²) in [6, 6.07) is 12.5. The summed E-state index contributed by atoms with van der Waals surface area (Å²) >= 11 is 0. The Morgan fingerprint density at radius 3 is 2.33 bits per heavy atom. The predicted octanol–water partition coefficient (Wildman–Crippen LogP) is 3.81. The number of benzene rings is 1. The first kappa shape index (κ1) is 14.3. The fourth-order valence-corrected chi connectivity index (χ4v) is 1.40. The second kappa shape index (κ2) is 6.02. The molecule has 15 heavy (non-hydrogen) atoms. The van der Waals surface area contributed by atoms with Crippen molar-refractivity contribution in [3.63, 3.8) is 0 Å². The first-order valence-corrected chi connectivity index (χ1v) is 4.63. The Hall–Kier alpha value is -0.682. The van der Waals surface area contributed by atoms with Gasteiger partial charge in [-0.3, -0.25) is 4.98 Å². The molecule has 0 bridgehead atoms. The van der Waals surface area contributed by atoms with E-state index in [1.165, 1.54) is 11.1 Å². The third-order valence-electron chi connectivity index (χ3n) is 2.21. The Labute approximate surface area is 106 Å². The van der Waals surface area contributed by atoms with Gasteiger partial charge in [0.05, 0.1) is 5.52 Å². The van der Waals surface area contributed by atoms with Gasteiger partial charge in [-0.25, -0.2) is 0 Å². The van der Waals surface area contributed by atoms with E-state index in [1.807, 2.05) is 12.1 Å². The molecule has 2 aromatic rings. The molecule has 1 aromatic heterocycles. The molecule has 1 nitrogen and oxygen atoms in total. The monoisotopic (exact) mass is 370 g/mol. The van der Waals surface area contributed by atoms with Crippen LogP contribution in [-0.4, -0.2) is 4.98 Å². The third kappa shape index (κ3) is 3.14. The number of aromatic nitrogens is 1. The molecule has 0 fully saturated rings. The van der Waals surface area contributed by atoms with Crippen LogP contribution >= 0.6 is 0 Å². The van der Waals surface area contributed by atoms with Crippen LogP contribution in [0.5, 0.6) is 0 Å². The van der Waals surface area contributed by atoms with E-state index in [1.54, 1.807) is 0 Å². The Kier molecular flexibility index (Phi) is 5.75. The Bertz CT molecular complexity index is 424. The van der Waals surface area contributed by atoms with Crippen LogP contribution in [0.15, 0.2) is 36.4 Å². The van der Waals surface area contributed by atoms with Crippen LogP contribution in [0.1, 0.15) is 25.5 Å². The maximum Gasteiger partial charge on any atom is 0.0705 e. The maximum atomic E-state index is 4.57. The van der Waals surface area contributed by atoms with Crippen LogP contribution in [0, 0.1) is 7.43 Å². The summed E-state index contributed by atoms with van der Waals surface area (Å²) < 4.78 is 0. The fraction of sp³-hybridized carbons (Fsp3) is 0.231. The van der Waals surface area contributed by atoms with Crippen molar-refractivity contribution in [2.75, 3.05) is 0 Å². The van der Waals surface area contributed by atoms with Crippen LogP contribution < -0.4 is 0 Å². The summed E-state index contributed by atoms with van der Waals surface area (Å²) in [5, 5.41) is 1.21. The van der Waals surface area contributed by atoms with Crippen molar-refractivity contribution in [3.05, 3.63) is 49.5 Å². The van der Waals surface area contributed by atoms with Gasteiger partial charge in [0.2, 0.25) is 0 Å². The number of pyridine rings is 1. The fourth-order valence-electron chi connectivity index (χ4n) is 1.40. The van der Waals surface area contributed by atoms with Gasteiger partial charge < -0.3 is 7.43 Å². The van der Waals surface area contributed by atoms with Crippen LogP contribution in [0.2, 0.25) is 0 Å². The molecule has 0 atom stereocenters. The Morgan fingerprint density at radius 1 is 1.00 bits per heavy atom.